The second-order valence-electron chi connectivity index (χ2n) is 4.81. The van der Waals surface area contributed by atoms with Gasteiger partial charge in [-0.2, -0.15) is 0 Å². The summed E-state index contributed by atoms with van der Waals surface area (Å²) in [6.07, 6.45) is 0.607. The molecule has 3 heterocycles. The van der Waals surface area contributed by atoms with E-state index in [0.29, 0.717) is 6.54 Å². The lowest BCUT2D eigenvalue weighted by atomic mass is 9.86. The summed E-state index contributed by atoms with van der Waals surface area (Å²) >= 11 is 3.43. The fourth-order valence-corrected chi connectivity index (χ4v) is 3.46. The smallest absolute Gasteiger partial charge is 0.414 e. The van der Waals surface area contributed by atoms with Gasteiger partial charge in [0.25, 0.3) is 0 Å². The van der Waals surface area contributed by atoms with Crippen molar-refractivity contribution in [3.8, 4) is 0 Å². The van der Waals surface area contributed by atoms with Crippen molar-refractivity contribution in [3.63, 3.8) is 0 Å². The number of rotatable bonds is 0. The summed E-state index contributed by atoms with van der Waals surface area (Å²) in [4.78, 5) is 28.5. The van der Waals surface area contributed by atoms with Crippen LogP contribution in [0, 0.1) is 0 Å². The lowest BCUT2D eigenvalue weighted by molar-refractivity contribution is -0.129. The molecule has 0 aliphatic carbocycles. The van der Waals surface area contributed by atoms with Gasteiger partial charge in [0.05, 0.1) is 35.2 Å². The summed E-state index contributed by atoms with van der Waals surface area (Å²) in [6, 6.07) is 3.22. The normalized spacial score (nSPS) is 21.7. The number of carbonyl (C=O) groups is 2. The second-order valence-corrected chi connectivity index (χ2v) is 5.67. The van der Waals surface area contributed by atoms with Gasteiger partial charge >= 0.3 is 6.09 Å². The molecular weight excluding hydrogens is 326 g/mol. The molecule has 0 bridgehead atoms. The Kier molecular flexibility index (Phi) is 3.01. The predicted molar refractivity (Wildman–Crippen MR) is 76.4 cm³/mol. The Morgan fingerprint density at radius 1 is 1.55 bits per heavy atom. The molecule has 7 heteroatoms. The Bertz CT molecular complexity index is 644. The minimum Gasteiger partial charge on any atom is -0.465 e. The van der Waals surface area contributed by atoms with Gasteiger partial charge in [-0.05, 0) is 30.2 Å². The number of imide groups is 1. The standard InChI is InChI=1S/C13H12BrN3O3/c1-7-11-8(5-10(18)17(7)13(19)20)6-16(14)12-9(11)3-2-4-15-12/h2-4,7H,5-6H2,1H3,(H,19,20). The third-order valence-corrected chi connectivity index (χ3v) is 4.25. The Morgan fingerprint density at radius 2 is 2.30 bits per heavy atom. The third-order valence-electron chi connectivity index (χ3n) is 3.66. The predicted octanol–water partition coefficient (Wildman–Crippen LogP) is 2.26. The minimum atomic E-state index is -1.21. The average Bonchev–Trinajstić information content (AvgIpc) is 2.37. The van der Waals surface area contributed by atoms with Gasteiger partial charge in [0, 0.05) is 11.8 Å². The zero-order valence-electron chi connectivity index (χ0n) is 10.7. The highest BCUT2D eigenvalue weighted by Gasteiger charge is 2.39. The van der Waals surface area contributed by atoms with E-state index in [1.54, 1.807) is 17.0 Å². The van der Waals surface area contributed by atoms with Crippen LogP contribution in [-0.4, -0.2) is 39.6 Å². The summed E-state index contributed by atoms with van der Waals surface area (Å²) in [7, 11) is 0. The van der Waals surface area contributed by atoms with Gasteiger partial charge in [-0.3, -0.25) is 8.72 Å². The molecule has 1 aromatic rings. The zero-order chi connectivity index (χ0) is 14.4. The summed E-state index contributed by atoms with van der Waals surface area (Å²) in [5.74, 6) is 0.370. The molecular formula is C13H12BrN3O3. The number of aromatic nitrogens is 1. The molecule has 1 aromatic heterocycles. The molecule has 2 aliphatic rings. The highest BCUT2D eigenvalue weighted by molar-refractivity contribution is 9.10. The molecule has 0 fully saturated rings. The number of carbonyl (C=O) groups excluding carboxylic acids is 1. The number of pyridine rings is 1. The van der Waals surface area contributed by atoms with E-state index in [1.807, 2.05) is 12.1 Å². The monoisotopic (exact) mass is 337 g/mol. The van der Waals surface area contributed by atoms with Crippen LogP contribution in [0.4, 0.5) is 10.6 Å². The number of nitrogens with zero attached hydrogens (tertiary/aromatic N) is 3. The van der Waals surface area contributed by atoms with Crippen LogP contribution in [0.15, 0.2) is 23.9 Å². The molecule has 6 nitrogen and oxygen atoms in total. The molecule has 2 aliphatic heterocycles. The lowest BCUT2D eigenvalue weighted by Crippen LogP contribution is -2.48. The highest BCUT2D eigenvalue weighted by Crippen LogP contribution is 2.41. The summed E-state index contributed by atoms with van der Waals surface area (Å²) in [5.41, 5.74) is 2.71. The van der Waals surface area contributed by atoms with Gasteiger partial charge in [-0.1, -0.05) is 0 Å². The molecule has 0 saturated carbocycles. The second kappa shape index (κ2) is 4.59. The number of carboxylic acid groups (broad SMARTS) is 1. The van der Waals surface area contributed by atoms with Crippen molar-refractivity contribution in [2.45, 2.75) is 19.4 Å². The first-order valence-corrected chi connectivity index (χ1v) is 6.87. The Morgan fingerprint density at radius 3 is 3.00 bits per heavy atom. The van der Waals surface area contributed by atoms with Gasteiger partial charge in [0.15, 0.2) is 0 Å². The Labute approximate surface area is 124 Å². The topological polar surface area (TPSA) is 73.7 Å². The van der Waals surface area contributed by atoms with Crippen molar-refractivity contribution in [2.24, 2.45) is 0 Å². The number of fused-ring (bicyclic) bond motifs is 2. The fourth-order valence-electron chi connectivity index (χ4n) is 2.88. The van der Waals surface area contributed by atoms with Crippen LogP contribution in [0.5, 0.6) is 0 Å². The first-order valence-electron chi connectivity index (χ1n) is 6.16. The molecule has 0 radical (unpaired) electrons. The van der Waals surface area contributed by atoms with E-state index in [9.17, 15) is 14.7 Å². The van der Waals surface area contributed by atoms with Gasteiger partial charge in [0.1, 0.15) is 5.82 Å². The van der Waals surface area contributed by atoms with E-state index in [1.165, 1.54) is 0 Å². The number of hydrogen-bond donors (Lipinski definition) is 1. The van der Waals surface area contributed by atoms with Crippen molar-refractivity contribution >= 4 is 39.5 Å². The van der Waals surface area contributed by atoms with E-state index in [-0.39, 0.29) is 12.3 Å². The molecule has 0 spiro atoms. The molecule has 104 valence electrons. The Hall–Kier alpha value is -1.89. The van der Waals surface area contributed by atoms with Gasteiger partial charge in [-0.15, -0.1) is 0 Å². The quantitative estimate of drug-likeness (QED) is 0.735. The molecule has 20 heavy (non-hydrogen) atoms. The van der Waals surface area contributed by atoms with Gasteiger partial charge in [0.2, 0.25) is 5.91 Å². The van der Waals surface area contributed by atoms with Crippen molar-refractivity contribution in [1.29, 1.82) is 0 Å². The Balaban J connectivity index is 2.16. The van der Waals surface area contributed by atoms with E-state index in [2.05, 4.69) is 21.1 Å². The molecule has 1 atom stereocenters. The van der Waals surface area contributed by atoms with Crippen LogP contribution < -0.4 is 3.93 Å². The van der Waals surface area contributed by atoms with Crippen LogP contribution in [-0.2, 0) is 4.79 Å². The van der Waals surface area contributed by atoms with Crippen LogP contribution in [0.2, 0.25) is 0 Å². The molecule has 1 N–H and O–H groups in total. The largest absolute Gasteiger partial charge is 0.465 e. The third kappa shape index (κ3) is 1.81. The number of halogens is 1. The van der Waals surface area contributed by atoms with Crippen LogP contribution >= 0.6 is 16.1 Å². The number of hydrogen-bond acceptors (Lipinski definition) is 4. The molecule has 2 amide bonds. The number of anilines is 1. The van der Waals surface area contributed by atoms with Gasteiger partial charge in [-0.25, -0.2) is 14.7 Å². The van der Waals surface area contributed by atoms with Crippen molar-refractivity contribution < 1.29 is 14.7 Å². The molecule has 0 saturated heterocycles. The van der Waals surface area contributed by atoms with E-state index >= 15 is 0 Å². The van der Waals surface area contributed by atoms with Crippen LogP contribution in [0.1, 0.15) is 18.9 Å². The first kappa shape index (κ1) is 13.1. The lowest BCUT2D eigenvalue weighted by Gasteiger charge is -2.38. The van der Waals surface area contributed by atoms with E-state index in [4.69, 9.17) is 0 Å². The molecule has 0 aromatic carbocycles. The number of amides is 2. The first-order chi connectivity index (χ1) is 9.50. The van der Waals surface area contributed by atoms with Crippen molar-refractivity contribution in [1.82, 2.24) is 9.88 Å². The zero-order valence-corrected chi connectivity index (χ0v) is 12.3. The average molecular weight is 338 g/mol. The summed E-state index contributed by atoms with van der Waals surface area (Å²) in [6.45, 7) is 2.27. The summed E-state index contributed by atoms with van der Waals surface area (Å²) in [5, 5.41) is 9.22. The van der Waals surface area contributed by atoms with Gasteiger partial charge < -0.3 is 5.11 Å². The molecule has 1 unspecified atom stereocenters. The maximum absolute atomic E-state index is 12.0. The maximum Gasteiger partial charge on any atom is 0.414 e. The van der Waals surface area contributed by atoms with Crippen molar-refractivity contribution in [3.05, 3.63) is 29.5 Å². The maximum atomic E-state index is 12.0. The minimum absolute atomic E-state index is 0.127. The van der Waals surface area contributed by atoms with E-state index in [0.717, 1.165) is 27.4 Å². The fraction of sp³-hybridized carbons (Fsp3) is 0.308. The van der Waals surface area contributed by atoms with Crippen LogP contribution in [0.25, 0.3) is 5.57 Å². The van der Waals surface area contributed by atoms with Crippen molar-refractivity contribution in [2.75, 3.05) is 10.5 Å². The SMILES string of the molecule is CC1C2=C(CC(=O)N1C(=O)O)CN(Br)c1ncccc12. The van der Waals surface area contributed by atoms with E-state index < -0.39 is 12.1 Å². The summed E-state index contributed by atoms with van der Waals surface area (Å²) < 4.78 is 1.80. The molecule has 3 rings (SSSR count). The van der Waals surface area contributed by atoms with Crippen LogP contribution in [0.3, 0.4) is 0 Å². The highest BCUT2D eigenvalue weighted by atomic mass is 79.9.